The van der Waals surface area contributed by atoms with Crippen molar-refractivity contribution < 1.29 is 26.7 Å². The first kappa shape index (κ1) is 20.2. The number of hydrogen-bond donors (Lipinski definition) is 1. The minimum Gasteiger partial charge on any atom is -0.495 e. The summed E-state index contributed by atoms with van der Waals surface area (Å²) in [7, 11) is -2.73. The van der Waals surface area contributed by atoms with Crippen LogP contribution in [0.25, 0.3) is 0 Å². The quantitative estimate of drug-likeness (QED) is 0.822. The van der Waals surface area contributed by atoms with Gasteiger partial charge in [0.2, 0.25) is 15.9 Å². The van der Waals surface area contributed by atoms with Crippen LogP contribution in [0.5, 0.6) is 5.75 Å². The van der Waals surface area contributed by atoms with Gasteiger partial charge in [0.05, 0.1) is 13.0 Å². The van der Waals surface area contributed by atoms with Crippen LogP contribution in [0.2, 0.25) is 0 Å². The van der Waals surface area contributed by atoms with Gasteiger partial charge in [-0.1, -0.05) is 0 Å². The number of halogens is 2. The standard InChI is InChI=1S/C19H20F2N2O4S/c1-27-17-9-6-15(21)11-18(17)28(25,26)23-10-2-3-13(12-23)19(24)22-16-7-4-14(20)5-8-16/h4-9,11,13H,2-3,10,12H2,1H3,(H,22,24)/t13-/m0/s1. The summed E-state index contributed by atoms with van der Waals surface area (Å²) in [4.78, 5) is 12.3. The molecule has 0 bridgehead atoms. The van der Waals surface area contributed by atoms with Gasteiger partial charge in [0.25, 0.3) is 0 Å². The predicted octanol–water partition coefficient (Wildman–Crippen LogP) is 3.01. The molecule has 6 nitrogen and oxygen atoms in total. The van der Waals surface area contributed by atoms with Crippen LogP contribution >= 0.6 is 0 Å². The van der Waals surface area contributed by atoms with Crippen LogP contribution in [0.15, 0.2) is 47.4 Å². The molecule has 1 atom stereocenters. The van der Waals surface area contributed by atoms with E-state index in [1.54, 1.807) is 0 Å². The molecular weight excluding hydrogens is 390 g/mol. The van der Waals surface area contributed by atoms with Crippen molar-refractivity contribution in [2.24, 2.45) is 5.92 Å². The normalized spacial score (nSPS) is 17.9. The van der Waals surface area contributed by atoms with Crippen LogP contribution in [-0.2, 0) is 14.8 Å². The Morgan fingerprint density at radius 3 is 2.50 bits per heavy atom. The number of amides is 1. The average Bonchev–Trinajstić information content (AvgIpc) is 2.69. The molecule has 1 fully saturated rings. The first-order valence-corrected chi connectivity index (χ1v) is 10.2. The molecule has 0 aromatic heterocycles. The molecule has 150 valence electrons. The molecule has 0 aliphatic carbocycles. The van der Waals surface area contributed by atoms with Crippen molar-refractivity contribution in [2.75, 3.05) is 25.5 Å². The van der Waals surface area contributed by atoms with Crippen LogP contribution in [0, 0.1) is 17.6 Å². The van der Waals surface area contributed by atoms with Crippen molar-refractivity contribution in [1.29, 1.82) is 0 Å². The van der Waals surface area contributed by atoms with Crippen molar-refractivity contribution >= 4 is 21.6 Å². The molecule has 1 N–H and O–H groups in total. The van der Waals surface area contributed by atoms with Gasteiger partial charge in [0, 0.05) is 18.8 Å². The van der Waals surface area contributed by atoms with E-state index in [0.29, 0.717) is 18.5 Å². The number of anilines is 1. The fourth-order valence-electron chi connectivity index (χ4n) is 3.14. The highest BCUT2D eigenvalue weighted by atomic mass is 32.2. The van der Waals surface area contributed by atoms with Crippen LogP contribution in [0.1, 0.15) is 12.8 Å². The Balaban J connectivity index is 1.78. The summed E-state index contributed by atoms with van der Waals surface area (Å²) >= 11 is 0. The van der Waals surface area contributed by atoms with E-state index in [1.807, 2.05) is 0 Å². The lowest BCUT2D eigenvalue weighted by Gasteiger charge is -2.31. The molecule has 0 radical (unpaired) electrons. The molecule has 1 saturated heterocycles. The van der Waals surface area contributed by atoms with Gasteiger partial charge in [-0.2, -0.15) is 4.31 Å². The summed E-state index contributed by atoms with van der Waals surface area (Å²) in [5, 5.41) is 2.67. The number of sulfonamides is 1. The highest BCUT2D eigenvalue weighted by Crippen LogP contribution is 2.30. The Hall–Kier alpha value is -2.52. The number of carbonyl (C=O) groups is 1. The predicted molar refractivity (Wildman–Crippen MR) is 99.5 cm³/mol. The number of rotatable bonds is 5. The van der Waals surface area contributed by atoms with Gasteiger partial charge in [0.1, 0.15) is 22.3 Å². The van der Waals surface area contributed by atoms with Gasteiger partial charge in [0.15, 0.2) is 0 Å². The summed E-state index contributed by atoms with van der Waals surface area (Å²) in [5.41, 5.74) is 0.429. The van der Waals surface area contributed by atoms with Gasteiger partial charge in [-0.05, 0) is 55.3 Å². The molecule has 1 aliphatic heterocycles. The maximum Gasteiger partial charge on any atom is 0.246 e. The van der Waals surface area contributed by atoms with Crippen molar-refractivity contribution in [3.8, 4) is 5.75 Å². The number of piperidine rings is 1. The third-order valence-electron chi connectivity index (χ3n) is 4.61. The molecule has 0 saturated carbocycles. The molecule has 28 heavy (non-hydrogen) atoms. The summed E-state index contributed by atoms with van der Waals surface area (Å²) in [5.74, 6) is -2.00. The SMILES string of the molecule is COc1ccc(F)cc1S(=O)(=O)N1CCC[C@H](C(=O)Nc2ccc(F)cc2)C1. The largest absolute Gasteiger partial charge is 0.495 e. The van der Waals surface area contributed by atoms with Gasteiger partial charge in [-0.3, -0.25) is 4.79 Å². The maximum absolute atomic E-state index is 13.6. The summed E-state index contributed by atoms with van der Waals surface area (Å²) in [6, 6.07) is 8.60. The molecule has 0 unspecified atom stereocenters. The van der Waals surface area contributed by atoms with E-state index in [9.17, 15) is 22.0 Å². The molecule has 1 amide bonds. The lowest BCUT2D eigenvalue weighted by molar-refractivity contribution is -0.120. The number of benzene rings is 2. The number of ether oxygens (including phenoxy) is 1. The van der Waals surface area contributed by atoms with E-state index in [0.717, 1.165) is 12.1 Å². The smallest absolute Gasteiger partial charge is 0.246 e. The minimum absolute atomic E-state index is 0.0327. The van der Waals surface area contributed by atoms with Crippen LogP contribution in [0.3, 0.4) is 0 Å². The second-order valence-electron chi connectivity index (χ2n) is 6.49. The number of hydrogen-bond acceptors (Lipinski definition) is 4. The fourth-order valence-corrected chi connectivity index (χ4v) is 4.83. The zero-order valence-corrected chi connectivity index (χ0v) is 16.0. The third kappa shape index (κ3) is 4.31. The minimum atomic E-state index is -4.03. The van der Waals surface area contributed by atoms with Crippen molar-refractivity contribution in [2.45, 2.75) is 17.7 Å². The molecular formula is C19H20F2N2O4S. The Morgan fingerprint density at radius 2 is 1.82 bits per heavy atom. The Kier molecular flexibility index (Phi) is 5.95. The van der Waals surface area contributed by atoms with E-state index in [4.69, 9.17) is 4.74 Å². The lowest BCUT2D eigenvalue weighted by atomic mass is 9.99. The number of methoxy groups -OCH3 is 1. The summed E-state index contributed by atoms with van der Waals surface area (Å²) in [6.07, 6.45) is 0.998. The molecule has 2 aromatic rings. The van der Waals surface area contributed by atoms with E-state index in [2.05, 4.69) is 5.32 Å². The van der Waals surface area contributed by atoms with Crippen LogP contribution in [0.4, 0.5) is 14.5 Å². The van der Waals surface area contributed by atoms with Gasteiger partial charge >= 0.3 is 0 Å². The van der Waals surface area contributed by atoms with Crippen molar-refractivity contribution in [3.05, 3.63) is 54.1 Å². The average molecular weight is 410 g/mol. The first-order chi connectivity index (χ1) is 13.3. The molecule has 1 heterocycles. The van der Waals surface area contributed by atoms with Gasteiger partial charge in [-0.25, -0.2) is 17.2 Å². The monoisotopic (exact) mass is 410 g/mol. The van der Waals surface area contributed by atoms with Crippen molar-refractivity contribution in [1.82, 2.24) is 4.31 Å². The van der Waals surface area contributed by atoms with E-state index in [1.165, 1.54) is 41.7 Å². The Bertz CT molecular complexity index is 964. The zero-order chi connectivity index (χ0) is 20.3. The fraction of sp³-hybridized carbons (Fsp3) is 0.316. The summed E-state index contributed by atoms with van der Waals surface area (Å²) in [6.45, 7) is 0.192. The van der Waals surface area contributed by atoms with E-state index in [-0.39, 0.29) is 29.6 Å². The molecule has 0 spiro atoms. The van der Waals surface area contributed by atoms with E-state index >= 15 is 0 Å². The zero-order valence-electron chi connectivity index (χ0n) is 15.2. The van der Waals surface area contributed by atoms with Gasteiger partial charge in [-0.15, -0.1) is 0 Å². The Morgan fingerprint density at radius 1 is 1.14 bits per heavy atom. The van der Waals surface area contributed by atoms with Gasteiger partial charge < -0.3 is 10.1 Å². The first-order valence-electron chi connectivity index (χ1n) is 8.71. The second kappa shape index (κ2) is 8.24. The molecule has 2 aromatic carbocycles. The highest BCUT2D eigenvalue weighted by Gasteiger charge is 2.35. The molecule has 1 aliphatic rings. The Labute approximate surface area is 162 Å². The number of nitrogens with one attached hydrogen (secondary N) is 1. The van der Waals surface area contributed by atoms with Crippen LogP contribution in [-0.4, -0.2) is 38.8 Å². The summed E-state index contributed by atoms with van der Waals surface area (Å²) < 4.78 is 58.8. The topological polar surface area (TPSA) is 75.7 Å². The highest BCUT2D eigenvalue weighted by molar-refractivity contribution is 7.89. The molecule has 3 rings (SSSR count). The van der Waals surface area contributed by atoms with Crippen LogP contribution < -0.4 is 10.1 Å². The van der Waals surface area contributed by atoms with Crippen molar-refractivity contribution in [3.63, 3.8) is 0 Å². The number of carbonyl (C=O) groups excluding carboxylic acids is 1. The number of nitrogens with zero attached hydrogens (tertiary/aromatic N) is 1. The maximum atomic E-state index is 13.6. The lowest BCUT2D eigenvalue weighted by Crippen LogP contribution is -2.43. The second-order valence-corrected chi connectivity index (χ2v) is 8.40. The van der Waals surface area contributed by atoms with E-state index < -0.39 is 27.6 Å². The third-order valence-corrected chi connectivity index (χ3v) is 6.50. The molecule has 9 heteroatoms.